The minimum absolute atomic E-state index is 0.0509. The van der Waals surface area contributed by atoms with E-state index in [1.54, 1.807) is 0 Å². The van der Waals surface area contributed by atoms with Crippen LogP contribution in [0.4, 0.5) is 0 Å². The SMILES string of the molecule is C[C@H](N)C(=O)NCCP(=O)(O)O. The molecule has 12 heavy (non-hydrogen) atoms. The average molecular weight is 196 g/mol. The van der Waals surface area contributed by atoms with Gasteiger partial charge in [0.2, 0.25) is 5.91 Å². The van der Waals surface area contributed by atoms with Gasteiger partial charge in [0.05, 0.1) is 12.2 Å². The maximum Gasteiger partial charge on any atom is 0.327 e. The molecule has 0 aliphatic rings. The summed E-state index contributed by atoms with van der Waals surface area (Å²) in [7, 11) is -4.01. The number of nitrogens with one attached hydrogen (secondary N) is 1. The molecule has 0 spiro atoms. The predicted molar refractivity (Wildman–Crippen MR) is 43.6 cm³/mol. The van der Waals surface area contributed by atoms with Crippen molar-refractivity contribution in [1.29, 1.82) is 0 Å². The predicted octanol–water partition coefficient (Wildman–Crippen LogP) is -1.37. The van der Waals surface area contributed by atoms with Crippen LogP contribution in [0.25, 0.3) is 0 Å². The Morgan fingerprint density at radius 2 is 2.17 bits per heavy atom. The lowest BCUT2D eigenvalue weighted by molar-refractivity contribution is -0.121. The van der Waals surface area contributed by atoms with Crippen molar-refractivity contribution in [2.24, 2.45) is 5.73 Å². The van der Waals surface area contributed by atoms with Crippen LogP contribution in [0.1, 0.15) is 6.92 Å². The summed E-state index contributed by atoms with van der Waals surface area (Å²) in [4.78, 5) is 27.5. The second-order valence-corrected chi connectivity index (χ2v) is 4.24. The molecular formula is C5H13N2O4P. The second kappa shape index (κ2) is 4.57. The van der Waals surface area contributed by atoms with Gasteiger partial charge in [0, 0.05) is 6.54 Å². The first-order valence-electron chi connectivity index (χ1n) is 3.41. The number of nitrogens with two attached hydrogens (primary N) is 1. The average Bonchev–Trinajstić information content (AvgIpc) is 1.84. The fraction of sp³-hybridized carbons (Fsp3) is 0.800. The van der Waals surface area contributed by atoms with Crippen molar-refractivity contribution < 1.29 is 19.1 Å². The zero-order valence-electron chi connectivity index (χ0n) is 6.73. The molecule has 0 saturated carbocycles. The van der Waals surface area contributed by atoms with E-state index in [0.717, 1.165) is 0 Å². The summed E-state index contributed by atoms with van der Waals surface area (Å²) in [5.41, 5.74) is 5.18. The van der Waals surface area contributed by atoms with Crippen LogP contribution in [0.5, 0.6) is 0 Å². The van der Waals surface area contributed by atoms with Crippen molar-refractivity contribution >= 4 is 13.5 Å². The van der Waals surface area contributed by atoms with Gasteiger partial charge in [0.25, 0.3) is 0 Å². The minimum Gasteiger partial charge on any atom is -0.354 e. The maximum absolute atomic E-state index is 10.7. The molecule has 0 aliphatic carbocycles. The zero-order valence-corrected chi connectivity index (χ0v) is 7.62. The van der Waals surface area contributed by atoms with Crippen molar-refractivity contribution in [2.45, 2.75) is 13.0 Å². The molecule has 0 rings (SSSR count). The van der Waals surface area contributed by atoms with Crippen molar-refractivity contribution in [2.75, 3.05) is 12.7 Å². The summed E-state index contributed by atoms with van der Waals surface area (Å²) < 4.78 is 10.3. The number of carbonyl (C=O) groups excluding carboxylic acids is 1. The molecule has 0 aromatic rings. The van der Waals surface area contributed by atoms with Gasteiger partial charge in [0.15, 0.2) is 0 Å². The van der Waals surface area contributed by atoms with E-state index in [2.05, 4.69) is 5.32 Å². The summed E-state index contributed by atoms with van der Waals surface area (Å²) in [6, 6.07) is -0.651. The van der Waals surface area contributed by atoms with Gasteiger partial charge in [-0.1, -0.05) is 0 Å². The summed E-state index contributed by atoms with van der Waals surface area (Å²) in [5.74, 6) is -0.413. The van der Waals surface area contributed by atoms with Crippen molar-refractivity contribution in [3.63, 3.8) is 0 Å². The molecule has 0 aromatic heterocycles. The molecule has 0 unspecified atom stereocenters. The van der Waals surface area contributed by atoms with Gasteiger partial charge in [0.1, 0.15) is 0 Å². The first-order chi connectivity index (χ1) is 5.33. The fourth-order valence-corrected chi connectivity index (χ4v) is 0.889. The first-order valence-corrected chi connectivity index (χ1v) is 5.20. The Balaban J connectivity index is 3.58. The molecule has 0 aliphatic heterocycles. The lowest BCUT2D eigenvalue weighted by Crippen LogP contribution is -2.39. The highest BCUT2D eigenvalue weighted by molar-refractivity contribution is 7.51. The Kier molecular flexibility index (Phi) is 4.41. The Labute approximate surface area is 70.3 Å². The lowest BCUT2D eigenvalue weighted by Gasteiger charge is -2.07. The molecule has 72 valence electrons. The quantitative estimate of drug-likeness (QED) is 0.414. The van der Waals surface area contributed by atoms with E-state index < -0.39 is 19.5 Å². The molecule has 0 radical (unpaired) electrons. The van der Waals surface area contributed by atoms with Gasteiger partial charge in [-0.2, -0.15) is 0 Å². The number of hydrogen-bond donors (Lipinski definition) is 4. The maximum atomic E-state index is 10.7. The fourth-order valence-electron chi connectivity index (χ4n) is 0.486. The molecule has 6 nitrogen and oxygen atoms in total. The van der Waals surface area contributed by atoms with Gasteiger partial charge in [-0.05, 0) is 6.92 Å². The Morgan fingerprint density at radius 1 is 1.67 bits per heavy atom. The number of rotatable bonds is 4. The van der Waals surface area contributed by atoms with E-state index in [0.29, 0.717) is 0 Å². The van der Waals surface area contributed by atoms with E-state index in [-0.39, 0.29) is 12.7 Å². The summed E-state index contributed by atoms with van der Waals surface area (Å²) >= 11 is 0. The largest absolute Gasteiger partial charge is 0.354 e. The van der Waals surface area contributed by atoms with Gasteiger partial charge in [-0.3, -0.25) is 9.36 Å². The molecule has 1 atom stereocenters. The zero-order chi connectivity index (χ0) is 9.78. The summed E-state index contributed by atoms with van der Waals surface area (Å²) in [6.45, 7) is 1.44. The van der Waals surface area contributed by atoms with Crippen LogP contribution in [-0.2, 0) is 9.36 Å². The van der Waals surface area contributed by atoms with Crippen LogP contribution in [0.15, 0.2) is 0 Å². The lowest BCUT2D eigenvalue weighted by atomic mass is 10.3. The third-order valence-corrected chi connectivity index (χ3v) is 1.92. The molecular weight excluding hydrogens is 183 g/mol. The van der Waals surface area contributed by atoms with Crippen LogP contribution in [0.3, 0.4) is 0 Å². The smallest absolute Gasteiger partial charge is 0.327 e. The second-order valence-electron chi connectivity index (χ2n) is 2.47. The van der Waals surface area contributed by atoms with Crippen LogP contribution in [-0.4, -0.2) is 34.4 Å². The van der Waals surface area contributed by atoms with Gasteiger partial charge >= 0.3 is 7.60 Å². The molecule has 0 aromatic carbocycles. The molecule has 5 N–H and O–H groups in total. The van der Waals surface area contributed by atoms with Gasteiger partial charge < -0.3 is 20.8 Å². The summed E-state index contributed by atoms with van der Waals surface area (Å²) in [6.07, 6.45) is -0.356. The van der Waals surface area contributed by atoms with E-state index in [9.17, 15) is 9.36 Å². The molecule has 0 bridgehead atoms. The molecule has 7 heteroatoms. The highest BCUT2D eigenvalue weighted by Gasteiger charge is 2.13. The van der Waals surface area contributed by atoms with Crippen LogP contribution >= 0.6 is 7.60 Å². The number of amides is 1. The Hall–Kier alpha value is -0.420. The third kappa shape index (κ3) is 6.30. The highest BCUT2D eigenvalue weighted by atomic mass is 31.2. The van der Waals surface area contributed by atoms with Crippen LogP contribution < -0.4 is 11.1 Å². The summed E-state index contributed by atoms with van der Waals surface area (Å²) in [5, 5.41) is 2.28. The van der Waals surface area contributed by atoms with E-state index >= 15 is 0 Å². The van der Waals surface area contributed by atoms with E-state index in [4.69, 9.17) is 15.5 Å². The number of carbonyl (C=O) groups is 1. The van der Waals surface area contributed by atoms with E-state index in [1.807, 2.05) is 0 Å². The molecule has 0 heterocycles. The Morgan fingerprint density at radius 3 is 2.50 bits per heavy atom. The highest BCUT2D eigenvalue weighted by Crippen LogP contribution is 2.32. The minimum atomic E-state index is -4.01. The van der Waals surface area contributed by atoms with Crippen molar-refractivity contribution in [3.8, 4) is 0 Å². The molecule has 1 amide bonds. The van der Waals surface area contributed by atoms with Crippen LogP contribution in [0.2, 0.25) is 0 Å². The Bertz CT molecular complexity index is 200. The topological polar surface area (TPSA) is 113 Å². The first kappa shape index (κ1) is 11.6. The standard InChI is InChI=1S/C5H13N2O4P/c1-4(6)5(8)7-2-3-12(9,10)11/h4H,2-3,6H2,1H3,(H,7,8)(H2,9,10,11)/t4-/m0/s1. The van der Waals surface area contributed by atoms with Gasteiger partial charge in [-0.25, -0.2) is 0 Å². The normalized spacial score (nSPS) is 14.0. The van der Waals surface area contributed by atoms with Crippen LogP contribution in [0, 0.1) is 0 Å². The van der Waals surface area contributed by atoms with Crippen molar-refractivity contribution in [1.82, 2.24) is 5.32 Å². The van der Waals surface area contributed by atoms with Gasteiger partial charge in [-0.15, -0.1) is 0 Å². The number of hydrogen-bond acceptors (Lipinski definition) is 3. The van der Waals surface area contributed by atoms with Crippen molar-refractivity contribution in [3.05, 3.63) is 0 Å². The van der Waals surface area contributed by atoms with E-state index in [1.165, 1.54) is 6.92 Å². The molecule has 0 fully saturated rings. The monoisotopic (exact) mass is 196 g/mol. The molecule has 0 saturated heterocycles. The third-order valence-electron chi connectivity index (χ3n) is 1.12.